The number of hydrogen-bond acceptors (Lipinski definition) is 7. The molecule has 13 atom stereocenters. The molecule has 66 heavy (non-hydrogen) atoms. The van der Waals surface area contributed by atoms with E-state index in [0.717, 1.165) is 99.8 Å². The van der Waals surface area contributed by atoms with Gasteiger partial charge in [-0.25, -0.2) is 4.98 Å². The molecule has 9 nitrogen and oxygen atoms in total. The van der Waals surface area contributed by atoms with E-state index in [1.54, 1.807) is 0 Å². The van der Waals surface area contributed by atoms with Gasteiger partial charge in [-0.2, -0.15) is 0 Å². The SMILES string of the molecule is C=C(C)[C@@H]1CC[C@]2(C(=O)N3CCC[C@H]3c3ncc(-c4ccncc4)[nH]3)CC[C@]3(C)[C@H](CC[C@@H]4[C@@]5(C)CC[C@H](OC(=O)[C@H]6C[C@@H](C(=O)OCc7ccccc7)C6(C)C)C(C)(C)[C@@H]5CC[C@]43C)[C@@H]12. The van der Waals surface area contributed by atoms with Crippen LogP contribution in [0, 0.1) is 73.9 Å². The van der Waals surface area contributed by atoms with Crippen molar-refractivity contribution in [1.29, 1.82) is 0 Å². The number of nitrogens with one attached hydrogen (secondary N) is 1. The number of carbonyl (C=O) groups is 3. The smallest absolute Gasteiger partial charge is 0.309 e. The highest BCUT2D eigenvalue weighted by Gasteiger charge is 2.72. The Morgan fingerprint density at radius 3 is 2.26 bits per heavy atom. The number of hydrogen-bond donors (Lipinski definition) is 1. The fraction of sp³-hybridized carbons (Fsp3) is 0.667. The molecule has 10 rings (SSSR count). The molecule has 1 aliphatic heterocycles. The molecule has 0 bridgehead atoms. The number of imidazole rings is 1. The van der Waals surface area contributed by atoms with Gasteiger partial charge in [-0.3, -0.25) is 19.4 Å². The minimum Gasteiger partial charge on any atom is -0.462 e. The molecule has 7 aliphatic rings. The van der Waals surface area contributed by atoms with Crippen LogP contribution in [0.5, 0.6) is 0 Å². The van der Waals surface area contributed by atoms with Crippen LogP contribution in [0.3, 0.4) is 0 Å². The predicted octanol–water partition coefficient (Wildman–Crippen LogP) is 12.1. The third-order valence-electron chi connectivity index (χ3n) is 21.2. The zero-order valence-electron chi connectivity index (χ0n) is 41.2. The Bertz CT molecular complexity index is 2360. The molecule has 6 aliphatic carbocycles. The van der Waals surface area contributed by atoms with Crippen molar-refractivity contribution in [1.82, 2.24) is 19.9 Å². The number of allylic oxidation sites excluding steroid dienone is 1. The maximum absolute atomic E-state index is 15.6. The van der Waals surface area contributed by atoms with Gasteiger partial charge in [0.25, 0.3) is 0 Å². The van der Waals surface area contributed by atoms with Crippen molar-refractivity contribution in [2.24, 2.45) is 73.9 Å². The van der Waals surface area contributed by atoms with E-state index >= 15 is 4.79 Å². The molecule has 6 saturated carbocycles. The van der Waals surface area contributed by atoms with E-state index in [-0.39, 0.29) is 69.6 Å². The number of H-pyrrole nitrogens is 1. The normalized spacial score (nSPS) is 39.6. The Morgan fingerprint density at radius 1 is 0.788 bits per heavy atom. The minimum atomic E-state index is -0.524. The van der Waals surface area contributed by atoms with Gasteiger partial charge in [-0.1, -0.05) is 91.0 Å². The fourth-order valence-electron chi connectivity index (χ4n) is 17.2. The lowest BCUT2D eigenvalue weighted by Crippen LogP contribution is -2.67. The molecule has 3 aromatic rings. The van der Waals surface area contributed by atoms with E-state index in [9.17, 15) is 9.59 Å². The molecule has 354 valence electrons. The van der Waals surface area contributed by atoms with Gasteiger partial charge < -0.3 is 19.4 Å². The highest BCUT2D eigenvalue weighted by molar-refractivity contribution is 5.85. The van der Waals surface area contributed by atoms with Crippen LogP contribution in [0.2, 0.25) is 0 Å². The quantitative estimate of drug-likeness (QED) is 0.168. The molecule has 0 unspecified atom stereocenters. The van der Waals surface area contributed by atoms with Crippen LogP contribution in [0.4, 0.5) is 0 Å². The Kier molecular flexibility index (Phi) is 11.2. The highest BCUT2D eigenvalue weighted by atomic mass is 16.5. The summed E-state index contributed by atoms with van der Waals surface area (Å²) in [7, 11) is 0. The van der Waals surface area contributed by atoms with Gasteiger partial charge in [-0.05, 0) is 159 Å². The molecule has 7 fully saturated rings. The molecule has 2 aromatic heterocycles. The number of amides is 1. The fourth-order valence-corrected chi connectivity index (χ4v) is 17.2. The molecule has 1 N–H and O–H groups in total. The third kappa shape index (κ3) is 6.75. The van der Waals surface area contributed by atoms with Crippen molar-refractivity contribution in [2.45, 2.75) is 158 Å². The summed E-state index contributed by atoms with van der Waals surface area (Å²) in [6.45, 7) is 24.6. The molecule has 1 aromatic carbocycles. The molecular formula is C57H76N4O5. The van der Waals surface area contributed by atoms with Crippen molar-refractivity contribution in [3.05, 3.63) is 84.6 Å². The highest BCUT2D eigenvalue weighted by Crippen LogP contribution is 2.78. The van der Waals surface area contributed by atoms with Crippen LogP contribution < -0.4 is 0 Å². The van der Waals surface area contributed by atoms with Gasteiger partial charge in [0.05, 0.1) is 35.2 Å². The number of ether oxygens (including phenoxy) is 2. The van der Waals surface area contributed by atoms with E-state index in [2.05, 4.69) is 63.0 Å². The second-order valence-corrected chi connectivity index (χ2v) is 24.5. The van der Waals surface area contributed by atoms with Crippen molar-refractivity contribution < 1.29 is 23.9 Å². The van der Waals surface area contributed by atoms with Gasteiger partial charge in [-0.15, -0.1) is 0 Å². The van der Waals surface area contributed by atoms with Gasteiger partial charge in [0.1, 0.15) is 18.5 Å². The van der Waals surface area contributed by atoms with E-state index in [4.69, 9.17) is 14.5 Å². The van der Waals surface area contributed by atoms with Crippen LogP contribution in [0.15, 0.2) is 73.2 Å². The average Bonchev–Trinajstić information content (AvgIpc) is 4.07. The number of carbonyl (C=O) groups excluding carboxylic acids is 3. The number of esters is 2. The first kappa shape index (κ1) is 45.5. The van der Waals surface area contributed by atoms with Gasteiger partial charge in [0, 0.05) is 29.9 Å². The number of benzene rings is 1. The largest absolute Gasteiger partial charge is 0.462 e. The lowest BCUT2D eigenvalue weighted by molar-refractivity contribution is -0.251. The molecule has 1 saturated heterocycles. The second-order valence-electron chi connectivity index (χ2n) is 24.5. The van der Waals surface area contributed by atoms with Crippen molar-refractivity contribution in [3.63, 3.8) is 0 Å². The molecular weight excluding hydrogens is 821 g/mol. The number of pyridine rings is 1. The first-order valence-electron chi connectivity index (χ1n) is 25.7. The summed E-state index contributed by atoms with van der Waals surface area (Å²) in [4.78, 5) is 57.9. The number of aromatic nitrogens is 3. The van der Waals surface area contributed by atoms with E-state index in [1.165, 1.54) is 12.0 Å². The summed E-state index contributed by atoms with van der Waals surface area (Å²) in [6.07, 6.45) is 18.4. The van der Waals surface area contributed by atoms with Crippen LogP contribution in [0.1, 0.15) is 156 Å². The first-order chi connectivity index (χ1) is 31.4. The summed E-state index contributed by atoms with van der Waals surface area (Å²) in [6, 6.07) is 13.7. The first-order valence-corrected chi connectivity index (χ1v) is 25.7. The third-order valence-corrected chi connectivity index (χ3v) is 21.2. The molecule has 9 heteroatoms. The van der Waals surface area contributed by atoms with E-state index in [1.807, 2.05) is 74.9 Å². The van der Waals surface area contributed by atoms with Gasteiger partial charge in [0.15, 0.2) is 0 Å². The van der Waals surface area contributed by atoms with Gasteiger partial charge >= 0.3 is 11.9 Å². The summed E-state index contributed by atoms with van der Waals surface area (Å²) in [5.74, 6) is 2.35. The van der Waals surface area contributed by atoms with Crippen LogP contribution in [-0.4, -0.2) is 50.3 Å². The van der Waals surface area contributed by atoms with Crippen molar-refractivity contribution >= 4 is 17.8 Å². The van der Waals surface area contributed by atoms with Crippen molar-refractivity contribution in [2.75, 3.05) is 6.54 Å². The number of rotatable bonds is 9. The number of fused-ring (bicyclic) bond motifs is 7. The summed E-state index contributed by atoms with van der Waals surface area (Å²) in [5.41, 5.74) is 3.51. The Labute approximate surface area is 394 Å². The summed E-state index contributed by atoms with van der Waals surface area (Å²) in [5, 5.41) is 0. The maximum atomic E-state index is 15.6. The maximum Gasteiger partial charge on any atom is 0.309 e. The van der Waals surface area contributed by atoms with Crippen LogP contribution in [-0.2, 0) is 30.5 Å². The number of aromatic amines is 1. The number of nitrogens with zero attached hydrogens (tertiary/aromatic N) is 3. The Morgan fingerprint density at radius 2 is 1.53 bits per heavy atom. The molecule has 0 radical (unpaired) electrons. The predicted molar refractivity (Wildman–Crippen MR) is 256 cm³/mol. The monoisotopic (exact) mass is 897 g/mol. The minimum absolute atomic E-state index is 0.0346. The van der Waals surface area contributed by atoms with E-state index in [0.29, 0.717) is 41.9 Å². The lowest BCUT2D eigenvalue weighted by atomic mass is 9.32. The van der Waals surface area contributed by atoms with Gasteiger partial charge in [0.2, 0.25) is 5.91 Å². The zero-order valence-corrected chi connectivity index (χ0v) is 41.2. The van der Waals surface area contributed by atoms with Crippen molar-refractivity contribution in [3.8, 4) is 11.3 Å². The Balaban J connectivity index is 0.849. The molecule has 1 amide bonds. The average molecular weight is 897 g/mol. The summed E-state index contributed by atoms with van der Waals surface area (Å²) >= 11 is 0. The summed E-state index contributed by atoms with van der Waals surface area (Å²) < 4.78 is 12.4. The topological polar surface area (TPSA) is 114 Å². The Hall–Kier alpha value is -4.27. The standard InChI is InChI=1S/C57H76N4O5/c1-35(2)38-19-26-57(51(64)61-31-13-16-43(61)48-59-33-42(60-48)37-22-29-58-30-23-37)28-27-55(8)39(47(38)57)17-18-45-54(7)24-21-46(53(5,6)44(54)20-25-56(45,55)9)66-50(63)41-32-40(52(41,3)4)49(62)65-34-36-14-11-10-12-15-36/h10-12,14-15,22-23,29-30,33,38-41,43-47H,1,13,16-21,24-28,31-32,34H2,2-9H3,(H,59,60)/t38-,39+,40-,41+,43-,44-,45+,46-,47+,54-,55+,56+,57-/m0/s1. The second kappa shape index (κ2) is 16.2. The molecule has 0 spiro atoms. The van der Waals surface area contributed by atoms with Crippen LogP contribution in [0.25, 0.3) is 11.3 Å². The zero-order chi connectivity index (χ0) is 46.6. The molecule has 3 heterocycles. The lowest BCUT2D eigenvalue weighted by Gasteiger charge is -2.73. The number of likely N-dealkylation sites (tertiary alicyclic amines) is 1. The van der Waals surface area contributed by atoms with E-state index < -0.39 is 5.41 Å². The van der Waals surface area contributed by atoms with Crippen LogP contribution >= 0.6 is 0 Å².